The molecule has 1 N–H and O–H groups in total. The smallest absolute Gasteiger partial charge is 0.220 e. The SMILES string of the molecule is CC1=C(Cn2c3ccc(Br)c(=O)c-3nc3ccccc32)C(O)CC(C)(C)C1. The van der Waals surface area contributed by atoms with Crippen molar-refractivity contribution in [1.82, 2.24) is 9.55 Å². The maximum Gasteiger partial charge on any atom is 0.220 e. The van der Waals surface area contributed by atoms with Gasteiger partial charge in [-0.3, -0.25) is 4.79 Å². The molecule has 1 aromatic rings. The molecule has 0 aromatic heterocycles. The van der Waals surface area contributed by atoms with Crippen molar-refractivity contribution < 1.29 is 5.11 Å². The summed E-state index contributed by atoms with van der Waals surface area (Å²) in [4.78, 5) is 17.3. The summed E-state index contributed by atoms with van der Waals surface area (Å²) in [6.45, 7) is 7.06. The number of allylic oxidation sites excluding steroid dienone is 1. The second kappa shape index (κ2) is 6.57. The molecule has 2 aliphatic carbocycles. The Bertz CT molecular complexity index is 1100. The number of nitrogens with zero attached hydrogens (tertiary/aromatic N) is 2. The molecule has 1 aliphatic heterocycles. The van der Waals surface area contributed by atoms with E-state index in [1.54, 1.807) is 6.07 Å². The number of hydrogen-bond donors (Lipinski definition) is 1. The first-order valence-electron chi connectivity index (χ1n) is 9.21. The van der Waals surface area contributed by atoms with Crippen molar-refractivity contribution in [2.24, 2.45) is 5.41 Å². The molecule has 0 saturated carbocycles. The van der Waals surface area contributed by atoms with E-state index in [1.807, 2.05) is 30.3 Å². The van der Waals surface area contributed by atoms with Crippen LogP contribution in [0.3, 0.4) is 0 Å². The van der Waals surface area contributed by atoms with E-state index in [-0.39, 0.29) is 10.8 Å². The molecule has 1 atom stereocenters. The maximum atomic E-state index is 12.6. The number of aliphatic hydroxyl groups is 1. The molecule has 0 fully saturated rings. The molecule has 4 rings (SSSR count). The van der Waals surface area contributed by atoms with E-state index in [0.717, 1.165) is 35.1 Å². The topological polar surface area (TPSA) is 55.1 Å². The molecule has 5 heteroatoms. The van der Waals surface area contributed by atoms with Crippen molar-refractivity contribution in [2.45, 2.75) is 46.3 Å². The summed E-state index contributed by atoms with van der Waals surface area (Å²) in [5, 5.41) is 10.8. The average molecular weight is 427 g/mol. The van der Waals surface area contributed by atoms with Gasteiger partial charge in [-0.05, 0) is 70.9 Å². The standard InChI is InChI=1S/C22H23BrN2O2/c1-13-10-22(2,3)11-19(26)14(13)12-25-17-7-5-4-6-16(17)24-20-18(25)9-8-15(23)21(20)27/h4-9,19,26H,10-12H2,1-3H3. The van der Waals surface area contributed by atoms with Crippen LogP contribution in [0.2, 0.25) is 0 Å². The summed E-state index contributed by atoms with van der Waals surface area (Å²) in [6.07, 6.45) is 1.25. The zero-order valence-electron chi connectivity index (χ0n) is 15.8. The van der Waals surface area contributed by atoms with Crippen LogP contribution in [0.5, 0.6) is 0 Å². The summed E-state index contributed by atoms with van der Waals surface area (Å²) in [5.74, 6) is 0. The van der Waals surface area contributed by atoms with E-state index in [1.165, 1.54) is 5.57 Å². The summed E-state index contributed by atoms with van der Waals surface area (Å²) in [7, 11) is 0. The molecule has 1 unspecified atom stereocenters. The fourth-order valence-electron chi connectivity index (χ4n) is 4.31. The van der Waals surface area contributed by atoms with Crippen molar-refractivity contribution >= 4 is 27.0 Å². The Labute approximate surface area is 167 Å². The van der Waals surface area contributed by atoms with Gasteiger partial charge in [-0.25, -0.2) is 4.98 Å². The first-order valence-corrected chi connectivity index (χ1v) is 10.0. The molecule has 140 valence electrons. The molecule has 0 saturated heterocycles. The number of rotatable bonds is 2. The summed E-state index contributed by atoms with van der Waals surface area (Å²) in [5.41, 5.74) is 5.27. The van der Waals surface area contributed by atoms with Crippen LogP contribution < -0.4 is 5.43 Å². The molecule has 3 aliphatic rings. The monoisotopic (exact) mass is 426 g/mol. The molecule has 0 radical (unpaired) electrons. The average Bonchev–Trinajstić information content (AvgIpc) is 2.60. The van der Waals surface area contributed by atoms with E-state index in [4.69, 9.17) is 0 Å². The van der Waals surface area contributed by atoms with Crippen LogP contribution in [0.25, 0.3) is 22.4 Å². The van der Waals surface area contributed by atoms with Crippen molar-refractivity contribution in [2.75, 3.05) is 0 Å². The maximum absolute atomic E-state index is 12.6. The van der Waals surface area contributed by atoms with E-state index < -0.39 is 6.10 Å². The Morgan fingerprint density at radius 1 is 1.26 bits per heavy atom. The molecule has 1 aromatic carbocycles. The highest BCUT2D eigenvalue weighted by molar-refractivity contribution is 9.10. The third-order valence-corrected chi connectivity index (χ3v) is 6.15. The highest BCUT2D eigenvalue weighted by Gasteiger charge is 2.32. The van der Waals surface area contributed by atoms with E-state index >= 15 is 0 Å². The first kappa shape index (κ1) is 18.4. The molecule has 4 nitrogen and oxygen atoms in total. The van der Waals surface area contributed by atoms with Gasteiger partial charge in [-0.2, -0.15) is 0 Å². The van der Waals surface area contributed by atoms with Crippen LogP contribution in [0.4, 0.5) is 0 Å². The predicted molar refractivity (Wildman–Crippen MR) is 112 cm³/mol. The first-order chi connectivity index (χ1) is 12.8. The van der Waals surface area contributed by atoms with Crippen molar-refractivity contribution in [3.8, 4) is 11.4 Å². The van der Waals surface area contributed by atoms with Crippen LogP contribution in [-0.4, -0.2) is 20.8 Å². The Morgan fingerprint density at radius 3 is 2.74 bits per heavy atom. The molecular weight excluding hydrogens is 404 g/mol. The van der Waals surface area contributed by atoms with Gasteiger partial charge in [0.25, 0.3) is 0 Å². The van der Waals surface area contributed by atoms with E-state index in [9.17, 15) is 9.90 Å². The molecular formula is C22H23BrN2O2. The van der Waals surface area contributed by atoms with Gasteiger partial charge in [0.05, 0.1) is 27.3 Å². The number of para-hydroxylation sites is 2. The summed E-state index contributed by atoms with van der Waals surface area (Å²) >= 11 is 3.32. The van der Waals surface area contributed by atoms with Gasteiger partial charge in [0.2, 0.25) is 5.43 Å². The van der Waals surface area contributed by atoms with E-state index in [2.05, 4.69) is 46.3 Å². The lowest BCUT2D eigenvalue weighted by atomic mass is 9.73. The van der Waals surface area contributed by atoms with Gasteiger partial charge in [-0.1, -0.05) is 31.6 Å². The minimum Gasteiger partial charge on any atom is -0.389 e. The highest BCUT2D eigenvalue weighted by Crippen LogP contribution is 2.40. The Morgan fingerprint density at radius 2 is 2.00 bits per heavy atom. The second-order valence-electron chi connectivity index (χ2n) is 8.30. The molecule has 27 heavy (non-hydrogen) atoms. The van der Waals surface area contributed by atoms with Gasteiger partial charge in [0.15, 0.2) is 0 Å². The number of fused-ring (bicyclic) bond motifs is 2. The van der Waals surface area contributed by atoms with Crippen LogP contribution in [-0.2, 0) is 6.54 Å². The van der Waals surface area contributed by atoms with Gasteiger partial charge in [0.1, 0.15) is 5.69 Å². The lowest BCUT2D eigenvalue weighted by molar-refractivity contribution is 0.123. The van der Waals surface area contributed by atoms with Gasteiger partial charge in [0, 0.05) is 6.54 Å². The van der Waals surface area contributed by atoms with Crippen molar-refractivity contribution in [3.63, 3.8) is 0 Å². The fourth-order valence-corrected chi connectivity index (χ4v) is 4.63. The lowest BCUT2D eigenvalue weighted by Gasteiger charge is -2.36. The molecule has 1 heterocycles. The second-order valence-corrected chi connectivity index (χ2v) is 9.15. The van der Waals surface area contributed by atoms with Crippen molar-refractivity contribution in [1.29, 1.82) is 0 Å². The normalized spacial score (nSPS) is 19.8. The Hall–Kier alpha value is -1.98. The van der Waals surface area contributed by atoms with Crippen LogP contribution in [0, 0.1) is 5.41 Å². The van der Waals surface area contributed by atoms with Crippen LogP contribution in [0.15, 0.2) is 56.8 Å². The highest BCUT2D eigenvalue weighted by atomic mass is 79.9. The summed E-state index contributed by atoms with van der Waals surface area (Å²) in [6, 6.07) is 11.5. The quantitative estimate of drug-likeness (QED) is 0.474. The minimum atomic E-state index is -0.467. The zero-order chi connectivity index (χ0) is 19.3. The van der Waals surface area contributed by atoms with Gasteiger partial charge >= 0.3 is 0 Å². The number of aromatic nitrogens is 2. The third-order valence-electron chi connectivity index (χ3n) is 5.53. The van der Waals surface area contributed by atoms with Gasteiger partial charge in [-0.15, -0.1) is 0 Å². The van der Waals surface area contributed by atoms with Crippen LogP contribution >= 0.6 is 15.9 Å². The number of hydrogen-bond acceptors (Lipinski definition) is 3. The Balaban J connectivity index is 1.95. The number of halogens is 1. The fraction of sp³-hybridized carbons (Fsp3) is 0.364. The van der Waals surface area contributed by atoms with Crippen molar-refractivity contribution in [3.05, 3.63) is 62.2 Å². The number of aliphatic hydroxyl groups excluding tert-OH is 1. The summed E-state index contributed by atoms with van der Waals surface area (Å²) < 4.78 is 2.63. The minimum absolute atomic E-state index is 0.104. The lowest BCUT2D eigenvalue weighted by Crippen LogP contribution is -2.31. The molecule has 0 spiro atoms. The van der Waals surface area contributed by atoms with Crippen LogP contribution in [0.1, 0.15) is 33.6 Å². The largest absolute Gasteiger partial charge is 0.389 e. The van der Waals surface area contributed by atoms with Gasteiger partial charge < -0.3 is 9.67 Å². The zero-order valence-corrected chi connectivity index (χ0v) is 17.4. The molecule has 0 amide bonds. The third kappa shape index (κ3) is 3.23. The number of benzene rings is 2. The van der Waals surface area contributed by atoms with E-state index in [0.29, 0.717) is 16.7 Å². The molecule has 0 bridgehead atoms. The Kier molecular flexibility index (Phi) is 4.47. The predicted octanol–water partition coefficient (Wildman–Crippen LogP) is 4.76.